The lowest BCUT2D eigenvalue weighted by molar-refractivity contribution is 0.434. The summed E-state index contributed by atoms with van der Waals surface area (Å²) in [6, 6.07) is 4.34. The lowest BCUT2D eigenvalue weighted by Crippen LogP contribution is -2.31. The van der Waals surface area contributed by atoms with Crippen molar-refractivity contribution in [2.75, 3.05) is 23.0 Å². The second-order valence-electron chi connectivity index (χ2n) is 7.53. The van der Waals surface area contributed by atoms with Gasteiger partial charge >= 0.3 is 0 Å². The highest BCUT2D eigenvalue weighted by Gasteiger charge is 2.47. The molecule has 0 amide bonds. The van der Waals surface area contributed by atoms with Crippen LogP contribution in [0.3, 0.4) is 0 Å². The number of hydrogen-bond acceptors (Lipinski definition) is 14. The van der Waals surface area contributed by atoms with E-state index in [9.17, 15) is 34.4 Å². The molecule has 4 aliphatic heterocycles. The molecule has 0 aliphatic carbocycles. The molecule has 0 radical (unpaired) electrons. The molecule has 42 heavy (non-hydrogen) atoms. The topological polar surface area (TPSA) is 163 Å². The molecule has 5 rings (SSSR count). The van der Waals surface area contributed by atoms with Crippen LogP contribution in [0, 0.1) is 68.6 Å². The van der Waals surface area contributed by atoms with Gasteiger partial charge in [0.25, 0.3) is 0 Å². The van der Waals surface area contributed by atoms with Crippen molar-refractivity contribution in [2.24, 2.45) is 0 Å². The Bertz CT molecular complexity index is 1850. The van der Waals surface area contributed by atoms with Crippen molar-refractivity contribution in [2.45, 2.75) is 0 Å². The maximum absolute atomic E-state index is 13.6. The fourth-order valence-electron chi connectivity index (χ4n) is 3.38. The molecular formula is C22H8F4N4O4S8. The molecule has 0 fully saturated rings. The molecule has 1 aromatic carbocycles. The zero-order valence-corrected chi connectivity index (χ0v) is 26.6. The fraction of sp³-hybridized carbons (Fsp3) is 0.182. The molecule has 0 N–H and O–H groups in total. The maximum Gasteiger partial charge on any atom is 0.222 e. The van der Waals surface area contributed by atoms with Crippen LogP contribution >= 0.6 is 70.6 Å². The van der Waals surface area contributed by atoms with Crippen molar-refractivity contribution in [1.82, 2.24) is 0 Å². The molecule has 4 heterocycles. The minimum absolute atomic E-state index is 0.0139. The van der Waals surface area contributed by atoms with E-state index in [0.717, 1.165) is 79.3 Å². The Kier molecular flexibility index (Phi) is 10.0. The summed E-state index contributed by atoms with van der Waals surface area (Å²) in [4.78, 5) is 0. The standard InChI is InChI=1S/C12F4N4.C10H8O4S8/c13-9-7(5(1-17)2-18)10(14)12(16)8(11(9)15)6(3-19)4-20;11-21(12)7-5(15-1-3-17-7)19-9(21)10-20-6-8(22(10,13)14)18-4-2-16-6/h;1-4H2/b;10-9-. The summed E-state index contributed by atoms with van der Waals surface area (Å²) in [7, 11) is -7.33. The number of hydrogen-bond donors (Lipinski definition) is 0. The Morgan fingerprint density at radius 1 is 0.524 bits per heavy atom. The lowest BCUT2D eigenvalue weighted by atomic mass is 10.1. The van der Waals surface area contributed by atoms with Gasteiger partial charge in [-0.3, -0.25) is 0 Å². The summed E-state index contributed by atoms with van der Waals surface area (Å²) in [6.07, 6.45) is 0. The summed E-state index contributed by atoms with van der Waals surface area (Å²) in [5.74, 6) is -4.91. The first-order chi connectivity index (χ1) is 19.9. The Morgan fingerprint density at radius 2 is 0.810 bits per heavy atom. The molecular weight excluding hydrogens is 717 g/mol. The van der Waals surface area contributed by atoms with Crippen molar-refractivity contribution in [1.29, 1.82) is 21.0 Å². The molecule has 4 aliphatic rings. The molecule has 0 saturated heterocycles. The number of sulfone groups is 2. The molecule has 0 atom stereocenters. The fourth-order valence-corrected chi connectivity index (χ4v) is 19.1. The minimum Gasteiger partial charge on any atom is -0.217 e. The van der Waals surface area contributed by atoms with E-state index in [-0.39, 0.29) is 8.47 Å². The van der Waals surface area contributed by atoms with Crippen molar-refractivity contribution >= 4 is 101 Å². The van der Waals surface area contributed by atoms with E-state index >= 15 is 0 Å². The van der Waals surface area contributed by atoms with Gasteiger partial charge in [0.2, 0.25) is 19.7 Å². The van der Waals surface area contributed by atoms with Gasteiger partial charge in [-0.05, 0) is 0 Å². The average Bonchev–Trinajstić information content (AvgIpc) is 3.40. The number of nitriles is 4. The van der Waals surface area contributed by atoms with E-state index < -0.39 is 64.5 Å². The van der Waals surface area contributed by atoms with Gasteiger partial charge in [0.15, 0.2) is 23.3 Å². The highest BCUT2D eigenvalue weighted by atomic mass is 32.3. The Morgan fingerprint density at radius 3 is 1.07 bits per heavy atom. The second-order valence-corrected chi connectivity index (χ2v) is 19.2. The van der Waals surface area contributed by atoms with Gasteiger partial charge in [-0.15, -0.1) is 47.0 Å². The summed E-state index contributed by atoms with van der Waals surface area (Å²) < 4.78 is 108. The first kappa shape index (κ1) is 32.8. The highest BCUT2D eigenvalue weighted by molar-refractivity contribution is 8.43. The molecule has 20 heteroatoms. The third-order valence-electron chi connectivity index (χ3n) is 5.16. The van der Waals surface area contributed by atoms with Gasteiger partial charge in [0, 0.05) is 23.0 Å². The lowest BCUT2D eigenvalue weighted by Gasteiger charge is -2.09. The number of thioether (sulfide) groups is 6. The van der Waals surface area contributed by atoms with Crippen molar-refractivity contribution < 1.29 is 34.4 Å². The zero-order valence-electron chi connectivity index (χ0n) is 20.0. The molecule has 0 saturated carbocycles. The van der Waals surface area contributed by atoms with Gasteiger partial charge in [0.05, 0.1) is 18.9 Å². The Labute approximate surface area is 261 Å². The number of benzene rings is 1. The van der Waals surface area contributed by atoms with Crippen molar-refractivity contribution in [3.05, 3.63) is 59.1 Å². The number of halogens is 4. The van der Waals surface area contributed by atoms with Crippen LogP contribution in [0.4, 0.5) is 17.6 Å². The van der Waals surface area contributed by atoms with Crippen LogP contribution in [0.1, 0.15) is 0 Å². The van der Waals surface area contributed by atoms with Gasteiger partial charge < -0.3 is 0 Å². The predicted molar refractivity (Wildman–Crippen MR) is 159 cm³/mol. The van der Waals surface area contributed by atoms with Crippen LogP contribution in [0.15, 0.2) is 25.4 Å². The zero-order chi connectivity index (χ0) is 31.0. The van der Waals surface area contributed by atoms with Gasteiger partial charge in [-0.1, -0.05) is 23.5 Å². The molecule has 8 nitrogen and oxygen atoms in total. The van der Waals surface area contributed by atoms with Crippen LogP contribution < -0.4 is 10.4 Å². The third kappa shape index (κ3) is 5.60. The van der Waals surface area contributed by atoms with E-state index in [4.69, 9.17) is 21.0 Å². The monoisotopic (exact) mass is 724 g/mol. The van der Waals surface area contributed by atoms with E-state index in [1.807, 2.05) is 0 Å². The molecule has 0 spiro atoms. The summed E-state index contributed by atoms with van der Waals surface area (Å²) >= 11 is 7.87. The van der Waals surface area contributed by atoms with Gasteiger partial charge in [-0.25, -0.2) is 34.4 Å². The minimum atomic E-state index is -3.67. The van der Waals surface area contributed by atoms with E-state index in [2.05, 4.69) is 0 Å². The van der Waals surface area contributed by atoms with Crippen LogP contribution in [0.2, 0.25) is 0 Å². The summed E-state index contributed by atoms with van der Waals surface area (Å²) in [5.41, 5.74) is -2.36. The SMILES string of the molecule is N#CC(C#N)=c1c(F)c(F)c(=C(C#N)C#N)c(F)c1F.O=S1(=O)C2=C(SCCS2)S/C1=C1\SC2=C(SCCS2)S1(=O)=O. The molecule has 0 bridgehead atoms. The smallest absolute Gasteiger partial charge is 0.217 e. The summed E-state index contributed by atoms with van der Waals surface area (Å²) in [5, 5.41) is 31.0. The molecule has 1 aromatic rings. The summed E-state index contributed by atoms with van der Waals surface area (Å²) in [6.45, 7) is 0. The van der Waals surface area contributed by atoms with Crippen LogP contribution in [0.25, 0.3) is 11.1 Å². The normalized spacial score (nSPS) is 21.5. The average molecular weight is 725 g/mol. The van der Waals surface area contributed by atoms with Gasteiger partial charge in [0.1, 0.15) is 52.4 Å². The van der Waals surface area contributed by atoms with Crippen LogP contribution in [0.5, 0.6) is 0 Å². The number of rotatable bonds is 0. The van der Waals surface area contributed by atoms with Crippen molar-refractivity contribution in [3.63, 3.8) is 0 Å². The van der Waals surface area contributed by atoms with Gasteiger partial charge in [-0.2, -0.15) is 21.0 Å². The quantitative estimate of drug-likeness (QED) is 0.275. The highest BCUT2D eigenvalue weighted by Crippen LogP contribution is 2.63. The predicted octanol–water partition coefficient (Wildman–Crippen LogP) is 4.29. The van der Waals surface area contributed by atoms with E-state index in [1.165, 1.54) is 47.0 Å². The second kappa shape index (κ2) is 12.8. The maximum atomic E-state index is 13.6. The Balaban J connectivity index is 0.000000194. The molecule has 0 aromatic heterocycles. The number of nitrogens with zero attached hydrogens (tertiary/aromatic N) is 4. The molecule has 216 valence electrons. The van der Waals surface area contributed by atoms with E-state index in [0.29, 0.717) is 8.47 Å². The van der Waals surface area contributed by atoms with E-state index in [1.54, 1.807) is 0 Å². The first-order valence-electron chi connectivity index (χ1n) is 10.7. The van der Waals surface area contributed by atoms with Crippen LogP contribution in [-0.4, -0.2) is 39.8 Å². The van der Waals surface area contributed by atoms with Crippen LogP contribution in [-0.2, 0) is 19.7 Å². The first-order valence-corrected chi connectivity index (χ1v) is 19.2. The molecule has 0 unspecified atom stereocenters. The van der Waals surface area contributed by atoms with Crippen molar-refractivity contribution in [3.8, 4) is 24.3 Å². The third-order valence-corrected chi connectivity index (χ3v) is 20.1. The largest absolute Gasteiger partial charge is 0.222 e. The Hall–Kier alpha value is -2.14.